The van der Waals surface area contributed by atoms with Crippen molar-refractivity contribution in [1.29, 1.82) is 0 Å². The van der Waals surface area contributed by atoms with Crippen LogP contribution in [0.25, 0.3) is 0 Å². The zero-order chi connectivity index (χ0) is 18.1. The molecule has 1 atom stereocenters. The predicted molar refractivity (Wildman–Crippen MR) is 99.4 cm³/mol. The van der Waals surface area contributed by atoms with Crippen molar-refractivity contribution in [2.45, 2.75) is 19.6 Å². The molecule has 0 radical (unpaired) electrons. The molecule has 2 aromatic rings. The molecule has 0 heterocycles. The molecule has 0 aliphatic carbocycles. The number of rotatable bonds is 9. The topological polar surface area (TPSA) is 61.8 Å². The summed E-state index contributed by atoms with van der Waals surface area (Å²) in [7, 11) is 1.80. The fourth-order valence-corrected chi connectivity index (χ4v) is 2.51. The summed E-state index contributed by atoms with van der Waals surface area (Å²) in [5, 5.41) is 12.9. The molecule has 0 spiro atoms. The van der Waals surface area contributed by atoms with Crippen LogP contribution < -0.4 is 5.32 Å². The number of amides is 1. The molecule has 0 saturated heterocycles. The number of ether oxygens (including phenoxy) is 1. The molecular formula is C20H26N2O3. The standard InChI is InChI=1S/C20H26N2O3/c1-16-8-6-7-11-19(16)21-20(24)13-22(2)12-18(23)15-25-14-17-9-4-3-5-10-17/h3-11,18,23H,12-15H2,1-2H3,(H,21,24). The van der Waals surface area contributed by atoms with Crippen LogP contribution in [0, 0.1) is 6.92 Å². The molecule has 2 N–H and O–H groups in total. The SMILES string of the molecule is Cc1ccccc1NC(=O)CN(C)CC(O)COCc1ccccc1. The summed E-state index contributed by atoms with van der Waals surface area (Å²) in [6, 6.07) is 17.5. The third-order valence-corrected chi connectivity index (χ3v) is 3.78. The van der Waals surface area contributed by atoms with Crippen LogP contribution in [0.2, 0.25) is 0 Å². The van der Waals surface area contributed by atoms with Crippen molar-refractivity contribution in [2.75, 3.05) is 32.1 Å². The number of hydrogen-bond acceptors (Lipinski definition) is 4. The summed E-state index contributed by atoms with van der Waals surface area (Å²) in [6.07, 6.45) is -0.639. The van der Waals surface area contributed by atoms with Gasteiger partial charge in [0.25, 0.3) is 0 Å². The summed E-state index contributed by atoms with van der Waals surface area (Å²) in [5.74, 6) is -0.103. The first kappa shape index (κ1) is 19.1. The Morgan fingerprint density at radius 2 is 1.84 bits per heavy atom. The van der Waals surface area contributed by atoms with Gasteiger partial charge in [0.15, 0.2) is 0 Å². The van der Waals surface area contributed by atoms with Gasteiger partial charge in [-0.15, -0.1) is 0 Å². The van der Waals surface area contributed by atoms with E-state index in [1.54, 1.807) is 11.9 Å². The highest BCUT2D eigenvalue weighted by Gasteiger charge is 2.12. The molecule has 5 heteroatoms. The lowest BCUT2D eigenvalue weighted by molar-refractivity contribution is -0.117. The maximum Gasteiger partial charge on any atom is 0.238 e. The summed E-state index contributed by atoms with van der Waals surface area (Å²) in [4.78, 5) is 13.9. The monoisotopic (exact) mass is 342 g/mol. The molecule has 1 unspecified atom stereocenters. The van der Waals surface area contributed by atoms with Gasteiger partial charge in [0.05, 0.1) is 25.9 Å². The minimum atomic E-state index is -0.639. The summed E-state index contributed by atoms with van der Waals surface area (Å²) < 4.78 is 5.52. The number of aliphatic hydroxyl groups is 1. The van der Waals surface area contributed by atoms with E-state index in [1.807, 2.05) is 61.5 Å². The molecule has 134 valence electrons. The highest BCUT2D eigenvalue weighted by Crippen LogP contribution is 2.12. The third kappa shape index (κ3) is 7.05. The Morgan fingerprint density at radius 3 is 2.56 bits per heavy atom. The first-order chi connectivity index (χ1) is 12.0. The molecule has 0 aliphatic rings. The van der Waals surface area contributed by atoms with E-state index >= 15 is 0 Å². The quantitative estimate of drug-likeness (QED) is 0.735. The van der Waals surface area contributed by atoms with Gasteiger partial charge in [0, 0.05) is 12.2 Å². The van der Waals surface area contributed by atoms with Crippen molar-refractivity contribution in [3.63, 3.8) is 0 Å². The zero-order valence-corrected chi connectivity index (χ0v) is 14.8. The third-order valence-electron chi connectivity index (χ3n) is 3.78. The van der Waals surface area contributed by atoms with E-state index in [-0.39, 0.29) is 19.1 Å². The van der Waals surface area contributed by atoms with Crippen molar-refractivity contribution in [3.05, 3.63) is 65.7 Å². The minimum absolute atomic E-state index is 0.103. The van der Waals surface area contributed by atoms with Gasteiger partial charge in [0.1, 0.15) is 0 Å². The number of aryl methyl sites for hydroxylation is 1. The number of para-hydroxylation sites is 1. The second-order valence-corrected chi connectivity index (χ2v) is 6.21. The van der Waals surface area contributed by atoms with Crippen LogP contribution in [0.15, 0.2) is 54.6 Å². The number of aliphatic hydroxyl groups excluding tert-OH is 1. The number of carbonyl (C=O) groups excluding carboxylic acids is 1. The summed E-state index contributed by atoms with van der Waals surface area (Å²) in [5.41, 5.74) is 2.90. The Bertz CT molecular complexity index is 661. The van der Waals surface area contributed by atoms with Gasteiger partial charge in [-0.3, -0.25) is 9.69 Å². The van der Waals surface area contributed by atoms with Crippen molar-refractivity contribution < 1.29 is 14.6 Å². The predicted octanol–water partition coefficient (Wildman–Crippen LogP) is 2.44. The normalized spacial score (nSPS) is 12.2. The maximum absolute atomic E-state index is 12.1. The number of likely N-dealkylation sites (N-methyl/N-ethyl adjacent to an activating group) is 1. The van der Waals surface area contributed by atoms with Gasteiger partial charge in [-0.25, -0.2) is 0 Å². The number of nitrogens with one attached hydrogen (secondary N) is 1. The molecular weight excluding hydrogens is 316 g/mol. The van der Waals surface area contributed by atoms with Gasteiger partial charge in [-0.2, -0.15) is 0 Å². The number of nitrogens with zero attached hydrogens (tertiary/aromatic N) is 1. The Hall–Kier alpha value is -2.21. The van der Waals surface area contributed by atoms with Crippen LogP contribution in [-0.4, -0.2) is 48.8 Å². The van der Waals surface area contributed by atoms with Crippen molar-refractivity contribution in [1.82, 2.24) is 4.90 Å². The lowest BCUT2D eigenvalue weighted by Gasteiger charge is -2.20. The summed E-state index contributed by atoms with van der Waals surface area (Å²) >= 11 is 0. The van der Waals surface area contributed by atoms with E-state index in [2.05, 4.69) is 5.32 Å². The van der Waals surface area contributed by atoms with E-state index in [1.165, 1.54) is 0 Å². The van der Waals surface area contributed by atoms with Gasteiger partial charge in [-0.05, 0) is 31.2 Å². The molecule has 2 aromatic carbocycles. The molecule has 1 amide bonds. The number of carbonyl (C=O) groups is 1. The van der Waals surface area contributed by atoms with Crippen LogP contribution in [0.1, 0.15) is 11.1 Å². The van der Waals surface area contributed by atoms with Crippen LogP contribution >= 0.6 is 0 Å². The number of hydrogen-bond donors (Lipinski definition) is 2. The second-order valence-electron chi connectivity index (χ2n) is 6.21. The molecule has 0 fully saturated rings. The van der Waals surface area contributed by atoms with E-state index in [4.69, 9.17) is 4.74 Å². The lowest BCUT2D eigenvalue weighted by Crippen LogP contribution is -2.37. The van der Waals surface area contributed by atoms with E-state index in [0.717, 1.165) is 16.8 Å². The molecule has 2 rings (SSSR count). The maximum atomic E-state index is 12.1. The first-order valence-corrected chi connectivity index (χ1v) is 8.38. The highest BCUT2D eigenvalue weighted by molar-refractivity contribution is 5.92. The highest BCUT2D eigenvalue weighted by atomic mass is 16.5. The molecule has 0 bridgehead atoms. The van der Waals surface area contributed by atoms with Crippen molar-refractivity contribution >= 4 is 11.6 Å². The van der Waals surface area contributed by atoms with Gasteiger partial charge >= 0.3 is 0 Å². The first-order valence-electron chi connectivity index (χ1n) is 8.38. The fraction of sp³-hybridized carbons (Fsp3) is 0.350. The lowest BCUT2D eigenvalue weighted by atomic mass is 10.2. The zero-order valence-electron chi connectivity index (χ0n) is 14.8. The van der Waals surface area contributed by atoms with Gasteiger partial charge < -0.3 is 15.2 Å². The van der Waals surface area contributed by atoms with Crippen molar-refractivity contribution in [3.8, 4) is 0 Å². The second kappa shape index (κ2) is 9.93. The Labute approximate surface area is 149 Å². The molecule has 0 aromatic heterocycles. The molecule has 5 nitrogen and oxygen atoms in total. The van der Waals surface area contributed by atoms with E-state index < -0.39 is 6.10 Å². The van der Waals surface area contributed by atoms with E-state index in [0.29, 0.717) is 13.2 Å². The smallest absolute Gasteiger partial charge is 0.238 e. The average molecular weight is 342 g/mol. The van der Waals surface area contributed by atoms with Crippen molar-refractivity contribution in [2.24, 2.45) is 0 Å². The fourth-order valence-electron chi connectivity index (χ4n) is 2.51. The van der Waals surface area contributed by atoms with Gasteiger partial charge in [0.2, 0.25) is 5.91 Å². The number of benzene rings is 2. The molecule has 0 saturated carbocycles. The van der Waals surface area contributed by atoms with Crippen LogP contribution in [0.5, 0.6) is 0 Å². The largest absolute Gasteiger partial charge is 0.389 e. The van der Waals surface area contributed by atoms with Crippen LogP contribution in [0.4, 0.5) is 5.69 Å². The Kier molecular flexibility index (Phi) is 7.60. The van der Waals surface area contributed by atoms with Crippen LogP contribution in [0.3, 0.4) is 0 Å². The van der Waals surface area contributed by atoms with Crippen LogP contribution in [-0.2, 0) is 16.1 Å². The molecule has 25 heavy (non-hydrogen) atoms. The van der Waals surface area contributed by atoms with Gasteiger partial charge in [-0.1, -0.05) is 48.5 Å². The minimum Gasteiger partial charge on any atom is -0.389 e. The summed E-state index contributed by atoms with van der Waals surface area (Å²) in [6.45, 7) is 3.24. The molecule has 0 aliphatic heterocycles. The number of anilines is 1. The Morgan fingerprint density at radius 1 is 1.16 bits per heavy atom. The Balaban J connectivity index is 1.67. The van der Waals surface area contributed by atoms with E-state index in [9.17, 15) is 9.90 Å². The average Bonchev–Trinajstić information content (AvgIpc) is 2.57.